The van der Waals surface area contributed by atoms with Crippen molar-refractivity contribution in [2.45, 2.75) is 25.5 Å². The van der Waals surface area contributed by atoms with Gasteiger partial charge in [0.25, 0.3) is 5.91 Å². The monoisotopic (exact) mass is 269 g/mol. The SMILES string of the molecule is CN(Cc1ccc(F)cc1F)C(=O)[C@@H]1CCC(=O)O1. The summed E-state index contributed by atoms with van der Waals surface area (Å²) in [4.78, 5) is 24.1. The highest BCUT2D eigenvalue weighted by Gasteiger charge is 2.31. The Kier molecular flexibility index (Phi) is 3.78. The summed E-state index contributed by atoms with van der Waals surface area (Å²) in [5.41, 5.74) is 0.210. The lowest BCUT2D eigenvalue weighted by Gasteiger charge is -2.20. The van der Waals surface area contributed by atoms with Gasteiger partial charge in [-0.05, 0) is 6.07 Å². The van der Waals surface area contributed by atoms with Crippen LogP contribution in [-0.4, -0.2) is 29.9 Å². The lowest BCUT2D eigenvalue weighted by Crippen LogP contribution is -2.36. The Bertz CT molecular complexity index is 519. The zero-order valence-corrected chi connectivity index (χ0v) is 10.4. The van der Waals surface area contributed by atoms with E-state index in [4.69, 9.17) is 4.74 Å². The van der Waals surface area contributed by atoms with E-state index < -0.39 is 23.7 Å². The van der Waals surface area contributed by atoms with Crippen molar-refractivity contribution in [3.63, 3.8) is 0 Å². The van der Waals surface area contributed by atoms with Crippen molar-refractivity contribution >= 4 is 11.9 Å². The molecule has 1 saturated heterocycles. The lowest BCUT2D eigenvalue weighted by atomic mass is 10.1. The maximum absolute atomic E-state index is 13.5. The molecule has 0 spiro atoms. The van der Waals surface area contributed by atoms with Crippen LogP contribution in [0, 0.1) is 11.6 Å². The van der Waals surface area contributed by atoms with Gasteiger partial charge in [-0.1, -0.05) is 6.07 Å². The van der Waals surface area contributed by atoms with Crippen LogP contribution in [0.15, 0.2) is 18.2 Å². The van der Waals surface area contributed by atoms with Crippen LogP contribution in [0.25, 0.3) is 0 Å². The fraction of sp³-hybridized carbons (Fsp3) is 0.385. The van der Waals surface area contributed by atoms with Gasteiger partial charge in [-0.2, -0.15) is 0 Å². The molecule has 1 aromatic carbocycles. The van der Waals surface area contributed by atoms with Gasteiger partial charge < -0.3 is 9.64 Å². The fourth-order valence-electron chi connectivity index (χ4n) is 1.93. The highest BCUT2D eigenvalue weighted by Crippen LogP contribution is 2.18. The number of ether oxygens (including phenoxy) is 1. The summed E-state index contributed by atoms with van der Waals surface area (Å²) in [5.74, 6) is -2.16. The van der Waals surface area contributed by atoms with Gasteiger partial charge in [0.05, 0.1) is 0 Å². The second kappa shape index (κ2) is 5.34. The summed E-state index contributed by atoms with van der Waals surface area (Å²) in [6.07, 6.45) is -0.232. The van der Waals surface area contributed by atoms with Gasteiger partial charge in [0.1, 0.15) is 11.6 Å². The van der Waals surface area contributed by atoms with Crippen molar-refractivity contribution in [2.75, 3.05) is 7.05 Å². The van der Waals surface area contributed by atoms with Gasteiger partial charge in [-0.25, -0.2) is 8.78 Å². The quantitative estimate of drug-likeness (QED) is 0.783. The van der Waals surface area contributed by atoms with Crippen molar-refractivity contribution in [2.24, 2.45) is 0 Å². The van der Waals surface area contributed by atoms with Gasteiger partial charge in [0.15, 0.2) is 6.10 Å². The zero-order chi connectivity index (χ0) is 14.0. The molecule has 1 heterocycles. The van der Waals surface area contributed by atoms with Crippen molar-refractivity contribution in [3.05, 3.63) is 35.4 Å². The van der Waals surface area contributed by atoms with E-state index >= 15 is 0 Å². The van der Waals surface area contributed by atoms with Crippen LogP contribution in [0.1, 0.15) is 18.4 Å². The molecule has 102 valence electrons. The van der Waals surface area contributed by atoms with E-state index in [-0.39, 0.29) is 24.4 Å². The van der Waals surface area contributed by atoms with Gasteiger partial charge in [0, 0.05) is 38.1 Å². The van der Waals surface area contributed by atoms with E-state index in [0.29, 0.717) is 6.42 Å². The Morgan fingerprint density at radius 3 is 2.79 bits per heavy atom. The maximum Gasteiger partial charge on any atom is 0.306 e. The first-order valence-electron chi connectivity index (χ1n) is 5.86. The molecule has 1 fully saturated rings. The van der Waals surface area contributed by atoms with Crippen molar-refractivity contribution in [1.82, 2.24) is 4.90 Å². The molecule has 6 heteroatoms. The fourth-order valence-corrected chi connectivity index (χ4v) is 1.93. The number of rotatable bonds is 3. The van der Waals surface area contributed by atoms with Gasteiger partial charge in [-0.3, -0.25) is 9.59 Å². The predicted octanol–water partition coefficient (Wildman–Crippen LogP) is 1.63. The van der Waals surface area contributed by atoms with Gasteiger partial charge in [-0.15, -0.1) is 0 Å². The van der Waals surface area contributed by atoms with Crippen LogP contribution in [-0.2, 0) is 20.9 Å². The van der Waals surface area contributed by atoms with Crippen LogP contribution in [0.4, 0.5) is 8.78 Å². The number of amides is 1. The molecule has 0 saturated carbocycles. The molecule has 0 unspecified atom stereocenters. The highest BCUT2D eigenvalue weighted by atomic mass is 19.1. The van der Waals surface area contributed by atoms with Gasteiger partial charge in [0.2, 0.25) is 0 Å². The number of esters is 1. The molecule has 0 radical (unpaired) electrons. The predicted molar refractivity (Wildman–Crippen MR) is 61.9 cm³/mol. The second-order valence-corrected chi connectivity index (χ2v) is 4.45. The van der Waals surface area contributed by atoms with Crippen LogP contribution in [0.5, 0.6) is 0 Å². The molecule has 0 aromatic heterocycles. The standard InChI is InChI=1S/C13H13F2NO3/c1-16(13(18)11-4-5-12(17)19-11)7-8-2-3-9(14)6-10(8)15/h2-3,6,11H,4-5,7H2,1H3/t11-/m0/s1. The molecule has 1 atom stereocenters. The average Bonchev–Trinajstić information content (AvgIpc) is 2.78. The minimum absolute atomic E-state index is 0.000995. The molecule has 0 aliphatic carbocycles. The molecule has 1 aromatic rings. The Balaban J connectivity index is 2.02. The van der Waals surface area contributed by atoms with E-state index in [1.165, 1.54) is 18.0 Å². The number of hydrogen-bond donors (Lipinski definition) is 0. The topological polar surface area (TPSA) is 46.6 Å². The van der Waals surface area contributed by atoms with Crippen LogP contribution >= 0.6 is 0 Å². The van der Waals surface area contributed by atoms with E-state index in [2.05, 4.69) is 0 Å². The number of likely N-dealkylation sites (N-methyl/N-ethyl adjacent to an activating group) is 1. The number of benzene rings is 1. The third-order valence-electron chi connectivity index (χ3n) is 2.96. The Morgan fingerprint density at radius 1 is 1.47 bits per heavy atom. The van der Waals surface area contributed by atoms with Gasteiger partial charge >= 0.3 is 5.97 Å². The van der Waals surface area contributed by atoms with Crippen molar-refractivity contribution < 1.29 is 23.1 Å². The maximum atomic E-state index is 13.5. The van der Waals surface area contributed by atoms with E-state index in [1.54, 1.807) is 0 Å². The number of halogens is 2. The number of nitrogens with zero attached hydrogens (tertiary/aromatic N) is 1. The third kappa shape index (κ3) is 3.07. The first-order chi connectivity index (χ1) is 8.97. The average molecular weight is 269 g/mol. The first kappa shape index (κ1) is 13.5. The lowest BCUT2D eigenvalue weighted by molar-refractivity contribution is -0.152. The molecule has 0 N–H and O–H groups in total. The molecule has 1 amide bonds. The summed E-state index contributed by atoms with van der Waals surface area (Å²) in [6.45, 7) is -0.000995. The van der Waals surface area contributed by atoms with E-state index in [0.717, 1.165) is 12.1 Å². The molecule has 1 aliphatic rings. The highest BCUT2D eigenvalue weighted by molar-refractivity contribution is 5.86. The molecule has 4 nitrogen and oxygen atoms in total. The normalized spacial score (nSPS) is 18.3. The number of hydrogen-bond acceptors (Lipinski definition) is 3. The molecule has 1 aliphatic heterocycles. The van der Waals surface area contributed by atoms with Crippen molar-refractivity contribution in [3.8, 4) is 0 Å². The van der Waals surface area contributed by atoms with Crippen LogP contribution in [0.3, 0.4) is 0 Å². The summed E-state index contributed by atoms with van der Waals surface area (Å²) in [5, 5.41) is 0. The first-order valence-corrected chi connectivity index (χ1v) is 5.86. The van der Waals surface area contributed by atoms with Crippen LogP contribution in [0.2, 0.25) is 0 Å². The van der Waals surface area contributed by atoms with E-state index in [9.17, 15) is 18.4 Å². The van der Waals surface area contributed by atoms with Crippen molar-refractivity contribution in [1.29, 1.82) is 0 Å². The smallest absolute Gasteiger partial charge is 0.306 e. The number of carbonyl (C=O) groups is 2. The Labute approximate surface area is 109 Å². The summed E-state index contributed by atoms with van der Waals surface area (Å²) < 4.78 is 31.1. The van der Waals surface area contributed by atoms with Crippen LogP contribution < -0.4 is 0 Å². The number of carbonyl (C=O) groups excluding carboxylic acids is 2. The number of cyclic esters (lactones) is 1. The molecule has 0 bridgehead atoms. The zero-order valence-electron chi connectivity index (χ0n) is 10.4. The Hall–Kier alpha value is -1.98. The minimum atomic E-state index is -0.791. The molecule has 2 rings (SSSR count). The molecular formula is C13H13F2NO3. The minimum Gasteiger partial charge on any atom is -0.452 e. The largest absolute Gasteiger partial charge is 0.452 e. The summed E-state index contributed by atoms with van der Waals surface area (Å²) in [7, 11) is 1.48. The molecule has 19 heavy (non-hydrogen) atoms. The molecular weight excluding hydrogens is 256 g/mol. The summed E-state index contributed by atoms with van der Waals surface area (Å²) >= 11 is 0. The second-order valence-electron chi connectivity index (χ2n) is 4.45. The third-order valence-corrected chi connectivity index (χ3v) is 2.96. The van der Waals surface area contributed by atoms with E-state index in [1.807, 2.05) is 0 Å². The Morgan fingerprint density at radius 2 is 2.21 bits per heavy atom. The summed E-state index contributed by atoms with van der Waals surface area (Å²) in [6, 6.07) is 3.19.